The van der Waals surface area contributed by atoms with Crippen molar-refractivity contribution < 1.29 is 18.3 Å². The second kappa shape index (κ2) is 5.76. The predicted molar refractivity (Wildman–Crippen MR) is 73.5 cm³/mol. The molecule has 1 unspecified atom stereocenters. The molecular formula is C12H17N3O4S. The Morgan fingerprint density at radius 2 is 2.10 bits per heavy atom. The smallest absolute Gasteiger partial charge is 0.307 e. The molecule has 8 heteroatoms. The molecule has 2 heterocycles. The van der Waals surface area contributed by atoms with Gasteiger partial charge in [-0.25, -0.2) is 0 Å². The van der Waals surface area contributed by atoms with Gasteiger partial charge in [0.05, 0.1) is 11.6 Å². The van der Waals surface area contributed by atoms with Gasteiger partial charge in [-0.15, -0.1) is 0 Å². The molecule has 1 N–H and O–H groups in total. The molecule has 1 aromatic rings. The quantitative estimate of drug-likeness (QED) is 0.877. The van der Waals surface area contributed by atoms with Gasteiger partial charge in [-0.1, -0.05) is 0 Å². The number of aromatic nitrogens is 1. The Morgan fingerprint density at radius 3 is 2.70 bits per heavy atom. The normalized spacial score (nSPS) is 20.6. The summed E-state index contributed by atoms with van der Waals surface area (Å²) in [6, 6.07) is 3.19. The highest BCUT2D eigenvalue weighted by Gasteiger charge is 2.34. The standard InChI is InChI=1S/C12H17N3O4S/c1-14(11-4-6-13-7-5-11)20(18,19)15-8-2-3-10(9-15)12(16)17/h4-7,10H,2-3,8-9H2,1H3,(H,16,17). The largest absolute Gasteiger partial charge is 0.481 e. The summed E-state index contributed by atoms with van der Waals surface area (Å²) in [4.78, 5) is 14.9. The fourth-order valence-electron chi connectivity index (χ4n) is 2.21. The van der Waals surface area contributed by atoms with Crippen LogP contribution in [0.2, 0.25) is 0 Å². The number of nitrogens with zero attached hydrogens (tertiary/aromatic N) is 3. The molecule has 0 spiro atoms. The summed E-state index contributed by atoms with van der Waals surface area (Å²) in [6.45, 7) is 0.370. The van der Waals surface area contributed by atoms with Crippen LogP contribution in [0.4, 0.5) is 5.69 Å². The molecule has 0 bridgehead atoms. The summed E-state index contributed by atoms with van der Waals surface area (Å²) in [6.07, 6.45) is 4.09. The molecule has 7 nitrogen and oxygen atoms in total. The maximum atomic E-state index is 12.5. The lowest BCUT2D eigenvalue weighted by atomic mass is 10.0. The van der Waals surface area contributed by atoms with E-state index in [1.165, 1.54) is 23.7 Å². The van der Waals surface area contributed by atoms with Gasteiger partial charge in [0.1, 0.15) is 0 Å². The maximum Gasteiger partial charge on any atom is 0.307 e. The van der Waals surface area contributed by atoms with Crippen LogP contribution in [0.5, 0.6) is 0 Å². The Labute approximate surface area is 118 Å². The van der Waals surface area contributed by atoms with Crippen molar-refractivity contribution >= 4 is 21.9 Å². The topological polar surface area (TPSA) is 90.8 Å². The van der Waals surface area contributed by atoms with Crippen LogP contribution in [0.1, 0.15) is 12.8 Å². The Balaban J connectivity index is 2.20. The van der Waals surface area contributed by atoms with E-state index in [9.17, 15) is 13.2 Å². The SMILES string of the molecule is CN(c1ccncc1)S(=O)(=O)N1CCCC(C(=O)O)C1. The third kappa shape index (κ3) is 2.91. The minimum atomic E-state index is -3.71. The molecule has 0 aliphatic carbocycles. The van der Waals surface area contributed by atoms with Gasteiger partial charge in [0.25, 0.3) is 0 Å². The zero-order valence-corrected chi connectivity index (χ0v) is 12.0. The Kier molecular flexibility index (Phi) is 4.24. The summed E-state index contributed by atoms with van der Waals surface area (Å²) < 4.78 is 27.4. The van der Waals surface area contributed by atoms with Gasteiger partial charge in [-0.05, 0) is 25.0 Å². The van der Waals surface area contributed by atoms with Crippen molar-refractivity contribution in [2.45, 2.75) is 12.8 Å². The first kappa shape index (κ1) is 14.7. The monoisotopic (exact) mass is 299 g/mol. The first-order valence-corrected chi connectivity index (χ1v) is 7.69. The molecule has 1 aliphatic heterocycles. The Bertz CT molecular complexity index is 576. The number of aliphatic carboxylic acids is 1. The molecule has 1 saturated heterocycles. The average Bonchev–Trinajstić information content (AvgIpc) is 2.47. The lowest BCUT2D eigenvalue weighted by Crippen LogP contribution is -2.48. The van der Waals surface area contributed by atoms with Gasteiger partial charge in [0.15, 0.2) is 0 Å². The number of carboxylic acid groups (broad SMARTS) is 1. The van der Waals surface area contributed by atoms with Gasteiger partial charge in [0.2, 0.25) is 0 Å². The highest BCUT2D eigenvalue weighted by Crippen LogP contribution is 2.23. The summed E-state index contributed by atoms with van der Waals surface area (Å²) in [7, 11) is -2.25. The number of piperidine rings is 1. The van der Waals surface area contributed by atoms with Crippen molar-refractivity contribution in [3.63, 3.8) is 0 Å². The molecule has 1 aliphatic rings. The molecule has 1 aromatic heterocycles. The molecule has 1 atom stereocenters. The highest BCUT2D eigenvalue weighted by atomic mass is 32.2. The van der Waals surface area contributed by atoms with Crippen LogP contribution in [0.25, 0.3) is 0 Å². The van der Waals surface area contributed by atoms with E-state index in [-0.39, 0.29) is 6.54 Å². The highest BCUT2D eigenvalue weighted by molar-refractivity contribution is 7.90. The second-order valence-corrected chi connectivity index (χ2v) is 6.68. The fourth-order valence-corrected chi connectivity index (χ4v) is 3.68. The second-order valence-electron chi connectivity index (χ2n) is 4.72. The number of hydrogen-bond acceptors (Lipinski definition) is 4. The van der Waals surface area contributed by atoms with E-state index in [0.717, 1.165) is 4.31 Å². The number of carbonyl (C=O) groups is 1. The van der Waals surface area contributed by atoms with E-state index < -0.39 is 22.1 Å². The average molecular weight is 299 g/mol. The number of carboxylic acids is 1. The van der Waals surface area contributed by atoms with Crippen molar-refractivity contribution in [1.82, 2.24) is 9.29 Å². The van der Waals surface area contributed by atoms with Crippen molar-refractivity contribution in [3.8, 4) is 0 Å². The van der Waals surface area contributed by atoms with E-state index >= 15 is 0 Å². The summed E-state index contributed by atoms with van der Waals surface area (Å²) in [5, 5.41) is 9.03. The minimum absolute atomic E-state index is 0.0209. The number of rotatable bonds is 4. The summed E-state index contributed by atoms with van der Waals surface area (Å²) in [5.41, 5.74) is 0.498. The predicted octanol–water partition coefficient (Wildman–Crippen LogP) is 0.559. The number of anilines is 1. The van der Waals surface area contributed by atoms with Crippen LogP contribution in [-0.2, 0) is 15.0 Å². The summed E-state index contributed by atoms with van der Waals surface area (Å²) >= 11 is 0. The molecule has 1 fully saturated rings. The lowest BCUT2D eigenvalue weighted by molar-refractivity contribution is -0.142. The van der Waals surface area contributed by atoms with Crippen molar-refractivity contribution in [2.24, 2.45) is 5.92 Å². The van der Waals surface area contributed by atoms with Crippen LogP contribution < -0.4 is 4.31 Å². The van der Waals surface area contributed by atoms with Crippen LogP contribution in [0.15, 0.2) is 24.5 Å². The first-order chi connectivity index (χ1) is 9.43. The van der Waals surface area contributed by atoms with Crippen LogP contribution in [-0.4, -0.2) is 48.9 Å². The maximum absolute atomic E-state index is 12.5. The van der Waals surface area contributed by atoms with Gasteiger partial charge < -0.3 is 5.11 Å². The fraction of sp³-hybridized carbons (Fsp3) is 0.500. The number of pyridine rings is 1. The molecule has 0 aromatic carbocycles. The van der Waals surface area contributed by atoms with E-state index in [4.69, 9.17) is 5.11 Å². The molecule has 2 rings (SSSR count). The van der Waals surface area contributed by atoms with E-state index in [0.29, 0.717) is 25.1 Å². The van der Waals surface area contributed by atoms with E-state index in [2.05, 4.69) is 4.98 Å². The molecule has 110 valence electrons. The zero-order chi connectivity index (χ0) is 14.8. The van der Waals surface area contributed by atoms with Gasteiger partial charge in [0, 0.05) is 32.5 Å². The van der Waals surface area contributed by atoms with Crippen LogP contribution in [0.3, 0.4) is 0 Å². The van der Waals surface area contributed by atoms with Crippen molar-refractivity contribution in [1.29, 1.82) is 0 Å². The third-order valence-corrected chi connectivity index (χ3v) is 5.32. The van der Waals surface area contributed by atoms with Gasteiger partial charge >= 0.3 is 16.2 Å². The van der Waals surface area contributed by atoms with Gasteiger partial charge in [-0.3, -0.25) is 14.1 Å². The zero-order valence-electron chi connectivity index (χ0n) is 11.1. The molecular weight excluding hydrogens is 282 g/mol. The minimum Gasteiger partial charge on any atom is -0.481 e. The summed E-state index contributed by atoms with van der Waals surface area (Å²) in [5.74, 6) is -1.58. The molecule has 0 amide bonds. The Morgan fingerprint density at radius 1 is 1.45 bits per heavy atom. The molecule has 0 radical (unpaired) electrons. The van der Waals surface area contributed by atoms with Crippen molar-refractivity contribution in [2.75, 3.05) is 24.4 Å². The van der Waals surface area contributed by atoms with Crippen molar-refractivity contribution in [3.05, 3.63) is 24.5 Å². The van der Waals surface area contributed by atoms with Crippen LogP contribution in [0, 0.1) is 5.92 Å². The molecule has 20 heavy (non-hydrogen) atoms. The lowest BCUT2D eigenvalue weighted by Gasteiger charge is -2.33. The van der Waals surface area contributed by atoms with Crippen LogP contribution >= 0.6 is 0 Å². The number of hydrogen-bond donors (Lipinski definition) is 1. The molecule has 0 saturated carbocycles. The third-order valence-electron chi connectivity index (χ3n) is 3.43. The van der Waals surface area contributed by atoms with Gasteiger partial charge in [-0.2, -0.15) is 12.7 Å². The van der Waals surface area contributed by atoms with E-state index in [1.807, 2.05) is 0 Å². The Hall–Kier alpha value is -1.67. The first-order valence-electron chi connectivity index (χ1n) is 6.30. The van der Waals surface area contributed by atoms with E-state index in [1.54, 1.807) is 12.1 Å².